The third-order valence-electron chi connectivity index (χ3n) is 2.90. The molecule has 2 aromatic rings. The predicted octanol–water partition coefficient (Wildman–Crippen LogP) is 5.45. The van der Waals surface area contributed by atoms with Crippen molar-refractivity contribution in [1.29, 1.82) is 0 Å². The third kappa shape index (κ3) is 3.22. The van der Waals surface area contributed by atoms with Crippen molar-refractivity contribution in [1.82, 2.24) is 0 Å². The minimum absolute atomic E-state index is 0.380. The molecule has 0 aliphatic carbocycles. The smallest absolute Gasteiger partial charge is 0.138 e. The lowest BCUT2D eigenvalue weighted by Crippen LogP contribution is -1.99. The van der Waals surface area contributed by atoms with Crippen LogP contribution in [0.15, 0.2) is 40.9 Å². The van der Waals surface area contributed by atoms with Crippen molar-refractivity contribution in [3.63, 3.8) is 0 Å². The number of ether oxygens (including phenoxy) is 2. The summed E-state index contributed by atoms with van der Waals surface area (Å²) >= 11 is 16.1. The summed E-state index contributed by atoms with van der Waals surface area (Å²) in [4.78, 5) is 0. The highest BCUT2D eigenvalue weighted by atomic mass is 79.9. The van der Waals surface area contributed by atoms with Gasteiger partial charge < -0.3 is 9.47 Å². The van der Waals surface area contributed by atoms with Gasteiger partial charge in [0.05, 0.1) is 24.1 Å². The van der Waals surface area contributed by atoms with Crippen LogP contribution in [-0.4, -0.2) is 14.2 Å². The lowest BCUT2D eigenvalue weighted by molar-refractivity contribution is 0.407. The van der Waals surface area contributed by atoms with Crippen molar-refractivity contribution in [3.8, 4) is 11.5 Å². The van der Waals surface area contributed by atoms with Gasteiger partial charge in [-0.2, -0.15) is 0 Å². The summed E-state index contributed by atoms with van der Waals surface area (Å²) in [6, 6.07) is 11.2. The molecular formula is C15H13BrCl2O2. The average molecular weight is 376 g/mol. The minimum atomic E-state index is -0.380. The Kier molecular flexibility index (Phi) is 5.19. The Morgan fingerprint density at radius 3 is 2.50 bits per heavy atom. The van der Waals surface area contributed by atoms with Gasteiger partial charge in [-0.05, 0) is 45.8 Å². The summed E-state index contributed by atoms with van der Waals surface area (Å²) in [6.45, 7) is 0. The highest BCUT2D eigenvalue weighted by Gasteiger charge is 2.19. The second-order valence-electron chi connectivity index (χ2n) is 4.15. The van der Waals surface area contributed by atoms with E-state index in [1.165, 1.54) is 0 Å². The molecule has 1 atom stereocenters. The van der Waals surface area contributed by atoms with E-state index in [9.17, 15) is 0 Å². The zero-order valence-electron chi connectivity index (χ0n) is 11.0. The molecule has 0 amide bonds. The number of methoxy groups -OCH3 is 2. The first-order valence-corrected chi connectivity index (χ1v) is 7.48. The van der Waals surface area contributed by atoms with Gasteiger partial charge in [0.15, 0.2) is 0 Å². The minimum Gasteiger partial charge on any atom is -0.497 e. The average Bonchev–Trinajstić information content (AvgIpc) is 2.45. The van der Waals surface area contributed by atoms with E-state index in [1.54, 1.807) is 20.3 Å². The second-order valence-corrected chi connectivity index (χ2v) is 5.88. The standard InChI is InChI=1S/C15H13BrCl2O2/c1-19-11-5-3-4-9(6-11)14(18)12-7-10(17)8-13(16)15(12)20-2/h3-8,14H,1-2H3. The Hall–Kier alpha value is -0.900. The zero-order valence-corrected chi connectivity index (χ0v) is 14.1. The zero-order chi connectivity index (χ0) is 14.7. The van der Waals surface area contributed by atoms with Crippen molar-refractivity contribution < 1.29 is 9.47 Å². The molecule has 0 spiro atoms. The molecule has 2 aromatic carbocycles. The fraction of sp³-hybridized carbons (Fsp3) is 0.200. The fourth-order valence-electron chi connectivity index (χ4n) is 1.96. The molecule has 2 nitrogen and oxygen atoms in total. The van der Waals surface area contributed by atoms with E-state index in [0.29, 0.717) is 10.8 Å². The van der Waals surface area contributed by atoms with Crippen LogP contribution >= 0.6 is 39.1 Å². The molecule has 0 radical (unpaired) electrons. The van der Waals surface area contributed by atoms with Crippen molar-refractivity contribution in [2.24, 2.45) is 0 Å². The van der Waals surface area contributed by atoms with Gasteiger partial charge in [-0.3, -0.25) is 0 Å². The molecule has 0 N–H and O–H groups in total. The van der Waals surface area contributed by atoms with Crippen LogP contribution in [0.3, 0.4) is 0 Å². The largest absolute Gasteiger partial charge is 0.497 e. The highest BCUT2D eigenvalue weighted by Crippen LogP contribution is 2.41. The summed E-state index contributed by atoms with van der Waals surface area (Å²) in [5, 5.41) is 0.219. The molecular weight excluding hydrogens is 363 g/mol. The third-order valence-corrected chi connectivity index (χ3v) is 4.20. The van der Waals surface area contributed by atoms with Crippen LogP contribution in [0.2, 0.25) is 5.02 Å². The monoisotopic (exact) mass is 374 g/mol. The number of rotatable bonds is 4. The van der Waals surface area contributed by atoms with Crippen LogP contribution in [0.4, 0.5) is 0 Å². The Bertz CT molecular complexity index is 617. The number of hydrogen-bond donors (Lipinski definition) is 0. The maximum Gasteiger partial charge on any atom is 0.138 e. The Balaban J connectivity index is 2.49. The topological polar surface area (TPSA) is 18.5 Å². The molecule has 0 aromatic heterocycles. The fourth-order valence-corrected chi connectivity index (χ4v) is 3.26. The van der Waals surface area contributed by atoms with Crippen LogP contribution in [0.1, 0.15) is 16.5 Å². The lowest BCUT2D eigenvalue weighted by Gasteiger charge is -2.17. The number of halogens is 3. The quantitative estimate of drug-likeness (QED) is 0.661. The summed E-state index contributed by atoms with van der Waals surface area (Å²) in [5.41, 5.74) is 1.72. The molecule has 0 saturated heterocycles. The van der Waals surface area contributed by atoms with Crippen LogP contribution in [0.25, 0.3) is 0 Å². The van der Waals surface area contributed by atoms with Crippen molar-refractivity contribution >= 4 is 39.1 Å². The molecule has 1 unspecified atom stereocenters. The van der Waals surface area contributed by atoms with Gasteiger partial charge in [-0.1, -0.05) is 23.7 Å². The van der Waals surface area contributed by atoms with Crippen LogP contribution in [-0.2, 0) is 0 Å². The number of hydrogen-bond acceptors (Lipinski definition) is 2. The second kappa shape index (κ2) is 6.70. The molecule has 0 aliphatic heterocycles. The van der Waals surface area contributed by atoms with Crippen LogP contribution in [0, 0.1) is 0 Å². The van der Waals surface area contributed by atoms with E-state index in [-0.39, 0.29) is 5.38 Å². The first-order chi connectivity index (χ1) is 9.56. The highest BCUT2D eigenvalue weighted by molar-refractivity contribution is 9.10. The molecule has 0 aliphatic rings. The summed E-state index contributed by atoms with van der Waals surface area (Å²) in [6.07, 6.45) is 0. The maximum absolute atomic E-state index is 6.57. The molecule has 0 fully saturated rings. The Labute approximate surface area is 136 Å². The van der Waals surface area contributed by atoms with Gasteiger partial charge in [0, 0.05) is 10.6 Å². The molecule has 2 rings (SSSR count). The van der Waals surface area contributed by atoms with E-state index in [2.05, 4.69) is 15.9 Å². The summed E-state index contributed by atoms with van der Waals surface area (Å²) in [5.74, 6) is 1.44. The van der Waals surface area contributed by atoms with Crippen molar-refractivity contribution in [2.45, 2.75) is 5.38 Å². The Morgan fingerprint density at radius 1 is 1.10 bits per heavy atom. The first-order valence-electron chi connectivity index (χ1n) is 5.87. The summed E-state index contributed by atoms with van der Waals surface area (Å²) in [7, 11) is 3.23. The van der Waals surface area contributed by atoms with Gasteiger partial charge >= 0.3 is 0 Å². The number of alkyl halides is 1. The summed E-state index contributed by atoms with van der Waals surface area (Å²) < 4.78 is 11.4. The van der Waals surface area contributed by atoms with E-state index < -0.39 is 0 Å². The van der Waals surface area contributed by atoms with E-state index in [1.807, 2.05) is 30.3 Å². The SMILES string of the molecule is COc1cccc(C(Cl)c2cc(Cl)cc(Br)c2OC)c1. The van der Waals surface area contributed by atoms with Crippen LogP contribution < -0.4 is 9.47 Å². The van der Waals surface area contributed by atoms with E-state index >= 15 is 0 Å². The molecule has 20 heavy (non-hydrogen) atoms. The van der Waals surface area contributed by atoms with Crippen molar-refractivity contribution in [2.75, 3.05) is 14.2 Å². The predicted molar refractivity (Wildman–Crippen MR) is 86.4 cm³/mol. The lowest BCUT2D eigenvalue weighted by atomic mass is 10.0. The van der Waals surface area contributed by atoms with Gasteiger partial charge in [0.25, 0.3) is 0 Å². The molecule has 0 saturated carbocycles. The first kappa shape index (κ1) is 15.5. The van der Waals surface area contributed by atoms with Gasteiger partial charge in [-0.25, -0.2) is 0 Å². The molecule has 5 heteroatoms. The Morgan fingerprint density at radius 2 is 1.85 bits per heavy atom. The maximum atomic E-state index is 6.57. The number of benzene rings is 2. The van der Waals surface area contributed by atoms with Gasteiger partial charge in [-0.15, -0.1) is 11.6 Å². The van der Waals surface area contributed by atoms with E-state index in [0.717, 1.165) is 21.3 Å². The van der Waals surface area contributed by atoms with Gasteiger partial charge in [0.2, 0.25) is 0 Å². The molecule has 0 bridgehead atoms. The normalized spacial score (nSPS) is 12.1. The van der Waals surface area contributed by atoms with Crippen molar-refractivity contribution in [3.05, 3.63) is 57.0 Å². The van der Waals surface area contributed by atoms with Gasteiger partial charge in [0.1, 0.15) is 11.5 Å². The molecule has 0 heterocycles. The van der Waals surface area contributed by atoms with Crippen LogP contribution in [0.5, 0.6) is 11.5 Å². The molecule has 106 valence electrons. The van der Waals surface area contributed by atoms with E-state index in [4.69, 9.17) is 32.7 Å².